The number of nitrogens with one attached hydrogen (secondary N) is 2. The lowest BCUT2D eigenvalue weighted by molar-refractivity contribution is 0.411. The van der Waals surface area contributed by atoms with Crippen LogP contribution in [-0.4, -0.2) is 9.97 Å². The topological polar surface area (TPSA) is 53.9 Å². The number of rotatable bonds is 3. The predicted molar refractivity (Wildman–Crippen MR) is 77.3 cm³/mol. The summed E-state index contributed by atoms with van der Waals surface area (Å²) in [7, 11) is 0. The highest BCUT2D eigenvalue weighted by Gasteiger charge is 2.22. The Labute approximate surface area is 117 Å². The number of hydrogen-bond donors (Lipinski definition) is 2. The van der Waals surface area contributed by atoms with Gasteiger partial charge in [-0.3, -0.25) is 0 Å². The molecule has 4 heteroatoms. The van der Waals surface area contributed by atoms with Crippen LogP contribution in [0, 0.1) is 0 Å². The van der Waals surface area contributed by atoms with Crippen molar-refractivity contribution in [1.29, 1.82) is 0 Å². The minimum absolute atomic E-state index is 0.402. The molecule has 20 heavy (non-hydrogen) atoms. The van der Waals surface area contributed by atoms with Gasteiger partial charge in [0.2, 0.25) is 0 Å². The van der Waals surface area contributed by atoms with Crippen molar-refractivity contribution in [3.05, 3.63) is 53.7 Å². The Kier molecular flexibility index (Phi) is 2.81. The van der Waals surface area contributed by atoms with Gasteiger partial charge < -0.3 is 14.7 Å². The van der Waals surface area contributed by atoms with Gasteiger partial charge in [0, 0.05) is 42.4 Å². The lowest BCUT2D eigenvalue weighted by Crippen LogP contribution is -2.23. The molecule has 0 saturated carbocycles. The summed E-state index contributed by atoms with van der Waals surface area (Å²) in [6.45, 7) is 0.848. The summed E-state index contributed by atoms with van der Waals surface area (Å²) in [4.78, 5) is 7.55. The quantitative estimate of drug-likeness (QED) is 0.765. The summed E-state index contributed by atoms with van der Waals surface area (Å²) < 4.78 is 5.54. The van der Waals surface area contributed by atoms with Crippen molar-refractivity contribution in [2.75, 3.05) is 0 Å². The van der Waals surface area contributed by atoms with E-state index in [2.05, 4.69) is 27.4 Å². The predicted octanol–water partition coefficient (Wildman–Crippen LogP) is 3.32. The van der Waals surface area contributed by atoms with Crippen molar-refractivity contribution in [3.8, 4) is 0 Å². The molecule has 3 heterocycles. The van der Waals surface area contributed by atoms with Crippen molar-refractivity contribution in [3.63, 3.8) is 0 Å². The number of H-pyrrole nitrogens is 1. The van der Waals surface area contributed by atoms with E-state index in [1.807, 2.05) is 18.5 Å². The summed E-state index contributed by atoms with van der Waals surface area (Å²) >= 11 is 0. The molecule has 0 saturated heterocycles. The van der Waals surface area contributed by atoms with E-state index >= 15 is 0 Å². The number of aryl methyl sites for hydroxylation is 1. The lowest BCUT2D eigenvalue weighted by atomic mass is 9.93. The number of furan rings is 1. The summed E-state index contributed by atoms with van der Waals surface area (Å²) in [5.74, 6) is 1.15. The van der Waals surface area contributed by atoms with Gasteiger partial charge in [-0.1, -0.05) is 0 Å². The minimum Gasteiger partial charge on any atom is -0.469 e. The molecule has 0 unspecified atom stereocenters. The van der Waals surface area contributed by atoms with E-state index in [-0.39, 0.29) is 0 Å². The highest BCUT2D eigenvalue weighted by atomic mass is 16.3. The molecule has 1 aliphatic carbocycles. The van der Waals surface area contributed by atoms with Crippen LogP contribution in [0.2, 0.25) is 0 Å². The second-order valence-electron chi connectivity index (χ2n) is 5.34. The average Bonchev–Trinajstić information content (AvgIpc) is 3.12. The van der Waals surface area contributed by atoms with E-state index < -0.39 is 0 Å². The van der Waals surface area contributed by atoms with Gasteiger partial charge >= 0.3 is 0 Å². The Morgan fingerprint density at radius 2 is 2.40 bits per heavy atom. The fourth-order valence-corrected chi connectivity index (χ4v) is 3.09. The molecular weight excluding hydrogens is 250 g/mol. The summed E-state index contributed by atoms with van der Waals surface area (Å²) in [6.07, 6.45) is 9.09. The fraction of sp³-hybridized carbons (Fsp3) is 0.312. The molecule has 3 aromatic heterocycles. The van der Waals surface area contributed by atoms with Gasteiger partial charge in [0.1, 0.15) is 11.4 Å². The first-order valence-corrected chi connectivity index (χ1v) is 7.12. The molecule has 0 radical (unpaired) electrons. The molecule has 4 rings (SSSR count). The number of aromatic nitrogens is 2. The van der Waals surface area contributed by atoms with Crippen LogP contribution in [0.5, 0.6) is 0 Å². The third-order valence-corrected chi connectivity index (χ3v) is 4.13. The monoisotopic (exact) mass is 267 g/mol. The molecule has 0 aliphatic heterocycles. The van der Waals surface area contributed by atoms with Crippen molar-refractivity contribution in [1.82, 2.24) is 15.3 Å². The standard InChI is InChI=1S/C16H17N3O/c1-4-14(13-6-8-20-15(13)5-1)18-9-11-10-19-16-12(11)3-2-7-17-16/h2-3,6-8,10,14,18H,1,4-5,9H2,(H,17,19)/t14-/m1/s1. The SMILES string of the molecule is c1cnc2[nH]cc(CN[C@@H]3CCCc4occc43)c2c1. The van der Waals surface area contributed by atoms with Crippen LogP contribution in [0.3, 0.4) is 0 Å². The maximum Gasteiger partial charge on any atom is 0.137 e. The molecule has 0 aromatic carbocycles. The Morgan fingerprint density at radius 1 is 1.40 bits per heavy atom. The van der Waals surface area contributed by atoms with Crippen molar-refractivity contribution >= 4 is 11.0 Å². The van der Waals surface area contributed by atoms with E-state index in [4.69, 9.17) is 4.42 Å². The van der Waals surface area contributed by atoms with Crippen LogP contribution >= 0.6 is 0 Å². The number of aromatic amines is 1. The highest BCUT2D eigenvalue weighted by Crippen LogP contribution is 2.30. The van der Waals surface area contributed by atoms with Crippen LogP contribution < -0.4 is 5.32 Å². The van der Waals surface area contributed by atoms with Crippen molar-refractivity contribution < 1.29 is 4.42 Å². The summed E-state index contributed by atoms with van der Waals surface area (Å²) in [5, 5.41) is 4.85. The zero-order chi connectivity index (χ0) is 13.4. The van der Waals surface area contributed by atoms with E-state index in [1.165, 1.54) is 29.4 Å². The third kappa shape index (κ3) is 1.93. The van der Waals surface area contributed by atoms with E-state index in [0.29, 0.717) is 6.04 Å². The molecule has 1 atom stereocenters. The molecule has 0 fully saturated rings. The smallest absolute Gasteiger partial charge is 0.137 e. The summed E-state index contributed by atoms with van der Waals surface area (Å²) in [6, 6.07) is 6.59. The lowest BCUT2D eigenvalue weighted by Gasteiger charge is -2.22. The molecule has 4 nitrogen and oxygen atoms in total. The fourth-order valence-electron chi connectivity index (χ4n) is 3.09. The molecule has 1 aliphatic rings. The van der Waals surface area contributed by atoms with Gasteiger partial charge in [-0.2, -0.15) is 0 Å². The Morgan fingerprint density at radius 3 is 3.40 bits per heavy atom. The zero-order valence-corrected chi connectivity index (χ0v) is 11.2. The van der Waals surface area contributed by atoms with E-state index in [9.17, 15) is 0 Å². The summed E-state index contributed by atoms with van der Waals surface area (Å²) in [5.41, 5.74) is 3.55. The first-order chi connectivity index (χ1) is 9.92. The second kappa shape index (κ2) is 4.80. The normalized spacial score (nSPS) is 18.3. The zero-order valence-electron chi connectivity index (χ0n) is 11.2. The molecule has 0 bridgehead atoms. The van der Waals surface area contributed by atoms with Crippen LogP contribution in [0.4, 0.5) is 0 Å². The minimum atomic E-state index is 0.402. The highest BCUT2D eigenvalue weighted by molar-refractivity contribution is 5.79. The van der Waals surface area contributed by atoms with Crippen LogP contribution in [0.25, 0.3) is 11.0 Å². The van der Waals surface area contributed by atoms with Crippen molar-refractivity contribution in [2.45, 2.75) is 31.8 Å². The Hall–Kier alpha value is -2.07. The van der Waals surface area contributed by atoms with Crippen LogP contribution in [0.15, 0.2) is 41.3 Å². The second-order valence-corrected chi connectivity index (χ2v) is 5.34. The third-order valence-electron chi connectivity index (χ3n) is 4.13. The van der Waals surface area contributed by atoms with Gasteiger partial charge in [0.25, 0.3) is 0 Å². The van der Waals surface area contributed by atoms with Crippen molar-refractivity contribution in [2.24, 2.45) is 0 Å². The van der Waals surface area contributed by atoms with Gasteiger partial charge in [0.05, 0.1) is 6.26 Å². The Balaban J connectivity index is 1.54. The molecule has 0 spiro atoms. The average molecular weight is 267 g/mol. The van der Waals surface area contributed by atoms with E-state index in [1.54, 1.807) is 6.26 Å². The molecule has 2 N–H and O–H groups in total. The number of fused-ring (bicyclic) bond motifs is 2. The van der Waals surface area contributed by atoms with Crippen LogP contribution in [-0.2, 0) is 13.0 Å². The van der Waals surface area contributed by atoms with Gasteiger partial charge in [-0.15, -0.1) is 0 Å². The number of hydrogen-bond acceptors (Lipinski definition) is 3. The van der Waals surface area contributed by atoms with Crippen LogP contribution in [0.1, 0.15) is 35.8 Å². The first-order valence-electron chi connectivity index (χ1n) is 7.12. The molecule has 102 valence electrons. The van der Waals surface area contributed by atoms with Gasteiger partial charge in [-0.25, -0.2) is 4.98 Å². The largest absolute Gasteiger partial charge is 0.469 e. The first kappa shape index (κ1) is 11.7. The molecule has 0 amide bonds. The van der Waals surface area contributed by atoms with E-state index in [0.717, 1.165) is 24.4 Å². The number of nitrogens with zero attached hydrogens (tertiary/aromatic N) is 1. The van der Waals surface area contributed by atoms with Gasteiger partial charge in [0.15, 0.2) is 0 Å². The Bertz CT molecular complexity index is 728. The van der Waals surface area contributed by atoms with Gasteiger partial charge in [-0.05, 0) is 36.6 Å². The molecule has 3 aromatic rings. The number of pyridine rings is 1. The maximum atomic E-state index is 5.54. The molecular formula is C16H17N3O. The maximum absolute atomic E-state index is 5.54.